The van der Waals surface area contributed by atoms with E-state index in [9.17, 15) is 5.11 Å². The van der Waals surface area contributed by atoms with E-state index in [1.165, 1.54) is 0 Å². The molecule has 0 unspecified atom stereocenters. The number of benzene rings is 2. The monoisotopic (exact) mass is 375 g/mol. The highest BCUT2D eigenvalue weighted by Crippen LogP contribution is 2.41. The minimum absolute atomic E-state index is 0.170. The lowest BCUT2D eigenvalue weighted by atomic mass is 9.79. The van der Waals surface area contributed by atoms with Gasteiger partial charge in [-0.25, -0.2) is 0 Å². The van der Waals surface area contributed by atoms with Gasteiger partial charge in [-0.2, -0.15) is 9.97 Å². The van der Waals surface area contributed by atoms with Crippen LogP contribution in [0.25, 0.3) is 0 Å². The number of nitrogens with zero attached hydrogens (tertiary/aromatic N) is 3. The first-order chi connectivity index (χ1) is 13.6. The predicted octanol–water partition coefficient (Wildman–Crippen LogP) is 3.01. The fraction of sp³-hybridized carbons (Fsp3) is 0.273. The molecule has 1 aliphatic rings. The SMILES string of the molecule is CNc1cc(N2CCC[C@H]2C(O)(c2ccccc2)c2ccccc2)nc(N)n1. The van der Waals surface area contributed by atoms with E-state index in [0.29, 0.717) is 5.82 Å². The van der Waals surface area contributed by atoms with Crippen LogP contribution < -0.4 is 16.0 Å². The minimum Gasteiger partial charge on any atom is -0.378 e. The van der Waals surface area contributed by atoms with E-state index in [-0.39, 0.29) is 12.0 Å². The van der Waals surface area contributed by atoms with Crippen LogP contribution in [0.15, 0.2) is 66.7 Å². The van der Waals surface area contributed by atoms with Crippen molar-refractivity contribution in [2.45, 2.75) is 24.5 Å². The van der Waals surface area contributed by atoms with Crippen LogP contribution in [0.5, 0.6) is 0 Å². The maximum atomic E-state index is 12.1. The molecule has 0 bridgehead atoms. The number of aliphatic hydroxyl groups is 1. The summed E-state index contributed by atoms with van der Waals surface area (Å²) >= 11 is 0. The van der Waals surface area contributed by atoms with E-state index in [1.54, 1.807) is 7.05 Å². The molecular weight excluding hydrogens is 350 g/mol. The number of nitrogens with two attached hydrogens (primary N) is 1. The van der Waals surface area contributed by atoms with Gasteiger partial charge in [-0.3, -0.25) is 0 Å². The summed E-state index contributed by atoms with van der Waals surface area (Å²) in [6.45, 7) is 0.798. The molecule has 0 amide bonds. The molecule has 0 saturated carbocycles. The van der Waals surface area contributed by atoms with Crippen molar-refractivity contribution >= 4 is 17.6 Å². The Balaban J connectivity index is 1.83. The molecule has 1 aliphatic heterocycles. The van der Waals surface area contributed by atoms with Crippen molar-refractivity contribution in [3.8, 4) is 0 Å². The Morgan fingerprint density at radius 1 is 1.04 bits per heavy atom. The maximum Gasteiger partial charge on any atom is 0.223 e. The van der Waals surface area contributed by atoms with Gasteiger partial charge in [0.2, 0.25) is 5.95 Å². The van der Waals surface area contributed by atoms with Gasteiger partial charge in [0, 0.05) is 19.7 Å². The molecule has 4 rings (SSSR count). The highest BCUT2D eigenvalue weighted by Gasteiger charge is 2.46. The van der Waals surface area contributed by atoms with Crippen LogP contribution in [-0.2, 0) is 5.60 Å². The Hall–Kier alpha value is -3.12. The van der Waals surface area contributed by atoms with Gasteiger partial charge in [0.25, 0.3) is 0 Å². The Bertz CT molecular complexity index is 893. The molecule has 144 valence electrons. The Morgan fingerprint density at radius 3 is 2.21 bits per heavy atom. The van der Waals surface area contributed by atoms with Crippen LogP contribution in [0, 0.1) is 0 Å². The van der Waals surface area contributed by atoms with E-state index in [2.05, 4.69) is 20.2 Å². The summed E-state index contributed by atoms with van der Waals surface area (Å²) in [6.07, 6.45) is 1.81. The summed E-state index contributed by atoms with van der Waals surface area (Å²) < 4.78 is 0. The van der Waals surface area contributed by atoms with Gasteiger partial charge < -0.3 is 21.1 Å². The second-order valence-electron chi connectivity index (χ2n) is 7.07. The molecule has 1 aromatic heterocycles. The van der Waals surface area contributed by atoms with Crippen LogP contribution in [0.1, 0.15) is 24.0 Å². The van der Waals surface area contributed by atoms with Crippen LogP contribution in [0.2, 0.25) is 0 Å². The topological polar surface area (TPSA) is 87.3 Å². The van der Waals surface area contributed by atoms with Gasteiger partial charge >= 0.3 is 0 Å². The largest absolute Gasteiger partial charge is 0.378 e. The Morgan fingerprint density at radius 2 is 1.64 bits per heavy atom. The van der Waals surface area contributed by atoms with Gasteiger partial charge in [0.05, 0.1) is 6.04 Å². The zero-order chi connectivity index (χ0) is 19.6. The number of hydrogen-bond acceptors (Lipinski definition) is 6. The van der Waals surface area contributed by atoms with Crippen LogP contribution >= 0.6 is 0 Å². The lowest BCUT2D eigenvalue weighted by Crippen LogP contribution is -2.49. The van der Waals surface area contributed by atoms with Gasteiger partial charge in [0.15, 0.2) is 0 Å². The van der Waals surface area contributed by atoms with Crippen molar-refractivity contribution in [1.82, 2.24) is 9.97 Å². The van der Waals surface area contributed by atoms with E-state index in [1.807, 2.05) is 66.7 Å². The molecule has 2 heterocycles. The van der Waals surface area contributed by atoms with Gasteiger partial charge in [-0.1, -0.05) is 60.7 Å². The molecule has 0 spiro atoms. The average Bonchev–Trinajstić information content (AvgIpc) is 3.24. The normalized spacial score (nSPS) is 16.9. The van der Waals surface area contributed by atoms with Crippen molar-refractivity contribution < 1.29 is 5.11 Å². The minimum atomic E-state index is -1.17. The summed E-state index contributed by atoms with van der Waals surface area (Å²) in [6, 6.07) is 21.4. The highest BCUT2D eigenvalue weighted by atomic mass is 16.3. The third-order valence-electron chi connectivity index (χ3n) is 5.44. The molecule has 4 N–H and O–H groups in total. The summed E-state index contributed by atoms with van der Waals surface area (Å²) in [5.41, 5.74) is 6.50. The van der Waals surface area contributed by atoms with Crippen molar-refractivity contribution in [2.75, 3.05) is 29.5 Å². The molecule has 0 radical (unpaired) electrons. The number of hydrogen-bond donors (Lipinski definition) is 3. The maximum absolute atomic E-state index is 12.1. The summed E-state index contributed by atoms with van der Waals surface area (Å²) in [7, 11) is 1.80. The molecule has 1 saturated heterocycles. The molecule has 6 nitrogen and oxygen atoms in total. The smallest absolute Gasteiger partial charge is 0.223 e. The van der Waals surface area contributed by atoms with Gasteiger partial charge in [-0.15, -0.1) is 0 Å². The van der Waals surface area contributed by atoms with Crippen LogP contribution in [-0.4, -0.2) is 34.7 Å². The first-order valence-electron chi connectivity index (χ1n) is 9.55. The molecule has 6 heteroatoms. The van der Waals surface area contributed by atoms with E-state index >= 15 is 0 Å². The average molecular weight is 375 g/mol. The number of rotatable bonds is 5. The first-order valence-corrected chi connectivity index (χ1v) is 9.55. The van der Waals surface area contributed by atoms with Gasteiger partial charge in [0.1, 0.15) is 17.2 Å². The molecule has 0 aliphatic carbocycles. The highest BCUT2D eigenvalue weighted by molar-refractivity contribution is 5.55. The molecular formula is C22H25N5O. The van der Waals surface area contributed by atoms with Crippen molar-refractivity contribution in [1.29, 1.82) is 0 Å². The predicted molar refractivity (Wildman–Crippen MR) is 112 cm³/mol. The Labute approximate surface area is 165 Å². The Kier molecular flexibility index (Phi) is 4.88. The van der Waals surface area contributed by atoms with Crippen LogP contribution in [0.4, 0.5) is 17.6 Å². The second-order valence-corrected chi connectivity index (χ2v) is 7.07. The fourth-order valence-corrected chi connectivity index (χ4v) is 4.14. The number of anilines is 3. The number of nitrogens with one attached hydrogen (secondary N) is 1. The van der Waals surface area contributed by atoms with E-state index < -0.39 is 5.60 Å². The summed E-state index contributed by atoms with van der Waals surface area (Å²) in [5, 5.41) is 15.2. The lowest BCUT2D eigenvalue weighted by Gasteiger charge is -2.40. The third kappa shape index (κ3) is 3.16. The molecule has 1 atom stereocenters. The van der Waals surface area contributed by atoms with Crippen molar-refractivity contribution in [3.63, 3.8) is 0 Å². The molecule has 3 aromatic rings. The summed E-state index contributed by atoms with van der Waals surface area (Å²) in [4.78, 5) is 10.8. The fourth-order valence-electron chi connectivity index (χ4n) is 4.14. The van der Waals surface area contributed by atoms with Crippen LogP contribution in [0.3, 0.4) is 0 Å². The number of nitrogen functional groups attached to an aromatic ring is 1. The van der Waals surface area contributed by atoms with Gasteiger partial charge in [-0.05, 0) is 24.0 Å². The van der Waals surface area contributed by atoms with Crippen molar-refractivity contribution in [3.05, 3.63) is 77.9 Å². The quantitative estimate of drug-likeness (QED) is 0.635. The van der Waals surface area contributed by atoms with E-state index in [4.69, 9.17) is 5.73 Å². The summed E-state index contributed by atoms with van der Waals surface area (Å²) in [5.74, 6) is 1.61. The molecule has 28 heavy (non-hydrogen) atoms. The molecule has 2 aromatic carbocycles. The van der Waals surface area contributed by atoms with E-state index in [0.717, 1.165) is 36.3 Å². The molecule has 1 fully saturated rings. The zero-order valence-electron chi connectivity index (χ0n) is 15.9. The first kappa shape index (κ1) is 18.3. The lowest BCUT2D eigenvalue weighted by molar-refractivity contribution is 0.0528. The number of aromatic nitrogens is 2. The standard InChI is InChI=1S/C22H25N5O/c1-24-19-15-20(26-21(23)25-19)27-14-8-13-18(27)22(28,16-9-4-2-5-10-16)17-11-6-3-7-12-17/h2-7,9-12,15,18,28H,8,13-14H2,1H3,(H3,23,24,25,26)/t18-/m0/s1. The third-order valence-corrected chi connectivity index (χ3v) is 5.44. The zero-order valence-corrected chi connectivity index (χ0v) is 15.9. The second kappa shape index (κ2) is 7.48. The van der Waals surface area contributed by atoms with Crippen molar-refractivity contribution in [2.24, 2.45) is 0 Å².